The maximum atomic E-state index is 12.9. The van der Waals surface area contributed by atoms with Crippen molar-refractivity contribution in [3.63, 3.8) is 0 Å². The van der Waals surface area contributed by atoms with Crippen molar-refractivity contribution in [1.29, 1.82) is 0 Å². The number of nitrogens with one attached hydrogen (secondary N) is 2. The third-order valence-corrected chi connectivity index (χ3v) is 4.83. The Morgan fingerprint density at radius 3 is 2.28 bits per heavy atom. The first-order chi connectivity index (χ1) is 13.8. The monoisotopic (exact) mass is 393 g/mol. The lowest BCUT2D eigenvalue weighted by molar-refractivity contribution is 0.0847. The van der Waals surface area contributed by atoms with E-state index < -0.39 is 5.91 Å². The Bertz CT molecular complexity index is 1040. The van der Waals surface area contributed by atoms with Crippen LogP contribution in [0.5, 0.6) is 0 Å². The lowest BCUT2D eigenvalue weighted by Crippen LogP contribution is -2.41. The van der Waals surface area contributed by atoms with Gasteiger partial charge in [0.05, 0.1) is 17.1 Å². The maximum Gasteiger partial charge on any atom is 0.270 e. The largest absolute Gasteiger partial charge is 0.270 e. The van der Waals surface area contributed by atoms with Crippen molar-refractivity contribution in [1.82, 2.24) is 25.6 Å². The number of pyridine rings is 1. The molecule has 0 spiro atoms. The van der Waals surface area contributed by atoms with E-state index in [0.29, 0.717) is 22.2 Å². The van der Waals surface area contributed by atoms with E-state index in [1.165, 1.54) is 0 Å². The highest BCUT2D eigenvalue weighted by Gasteiger charge is 2.19. The van der Waals surface area contributed by atoms with Gasteiger partial charge in [0.25, 0.3) is 11.8 Å². The number of aromatic nitrogens is 3. The van der Waals surface area contributed by atoms with Crippen LogP contribution >= 0.6 is 0 Å². The summed E-state index contributed by atoms with van der Waals surface area (Å²) in [5.74, 6) is -0.623. The molecule has 0 atom stereocenters. The van der Waals surface area contributed by atoms with Crippen LogP contribution in [0.3, 0.4) is 0 Å². The summed E-state index contributed by atoms with van der Waals surface area (Å²) in [5.41, 5.74) is 8.54. The lowest BCUT2D eigenvalue weighted by Gasteiger charge is -2.13. The fraction of sp³-hybridized carbons (Fsp3) is 0.364. The van der Waals surface area contributed by atoms with Gasteiger partial charge in [-0.2, -0.15) is 5.10 Å². The molecular formula is C22H27N5O2. The van der Waals surface area contributed by atoms with E-state index in [0.717, 1.165) is 17.7 Å². The van der Waals surface area contributed by atoms with Crippen molar-refractivity contribution >= 4 is 22.8 Å². The number of carbonyl (C=O) groups excluding carboxylic acids is 2. The van der Waals surface area contributed by atoms with E-state index in [-0.39, 0.29) is 17.9 Å². The van der Waals surface area contributed by atoms with Crippen LogP contribution < -0.4 is 10.9 Å². The van der Waals surface area contributed by atoms with Gasteiger partial charge in [0.15, 0.2) is 5.65 Å². The van der Waals surface area contributed by atoms with Gasteiger partial charge in [-0.05, 0) is 49.9 Å². The zero-order valence-corrected chi connectivity index (χ0v) is 17.5. The van der Waals surface area contributed by atoms with Crippen molar-refractivity contribution in [3.05, 3.63) is 58.9 Å². The Hall–Kier alpha value is -3.22. The summed E-state index contributed by atoms with van der Waals surface area (Å²) in [6.45, 7) is 10.1. The number of hydrogen-bond acceptors (Lipinski definition) is 4. The summed E-state index contributed by atoms with van der Waals surface area (Å²) < 4.78 is 1.80. The Labute approximate surface area is 170 Å². The summed E-state index contributed by atoms with van der Waals surface area (Å²) >= 11 is 0. The second kappa shape index (κ2) is 8.43. The van der Waals surface area contributed by atoms with Gasteiger partial charge < -0.3 is 0 Å². The van der Waals surface area contributed by atoms with E-state index in [1.54, 1.807) is 29.1 Å². The van der Waals surface area contributed by atoms with Crippen LogP contribution in [0.2, 0.25) is 0 Å². The van der Waals surface area contributed by atoms with Gasteiger partial charge in [0.1, 0.15) is 0 Å². The third kappa shape index (κ3) is 4.29. The standard InChI is InChI=1S/C22H27N5O2/c1-6-15-7-9-16(10-8-15)21(28)25-26-22(29)17-11-19(13(2)3)24-20-18(17)12-23-27(20)14(4)5/h7-14H,6H2,1-5H3,(H,25,28)(H,26,29). The molecule has 2 heterocycles. The Balaban J connectivity index is 1.85. The number of benzene rings is 1. The van der Waals surface area contributed by atoms with E-state index >= 15 is 0 Å². The lowest BCUT2D eigenvalue weighted by atomic mass is 10.1. The molecule has 152 valence electrons. The Morgan fingerprint density at radius 2 is 1.69 bits per heavy atom. The highest BCUT2D eigenvalue weighted by molar-refractivity contribution is 6.06. The van der Waals surface area contributed by atoms with Crippen LogP contribution in [0.1, 0.15) is 78.6 Å². The summed E-state index contributed by atoms with van der Waals surface area (Å²) in [4.78, 5) is 29.9. The van der Waals surface area contributed by atoms with Crippen LogP contribution in [0.15, 0.2) is 36.5 Å². The predicted octanol–water partition coefficient (Wildman–Crippen LogP) is 3.77. The predicted molar refractivity (Wildman–Crippen MR) is 113 cm³/mol. The third-order valence-electron chi connectivity index (χ3n) is 4.83. The summed E-state index contributed by atoms with van der Waals surface area (Å²) in [7, 11) is 0. The molecule has 7 nitrogen and oxygen atoms in total. The van der Waals surface area contributed by atoms with Crippen molar-refractivity contribution in [3.8, 4) is 0 Å². The molecule has 0 fully saturated rings. The number of fused-ring (bicyclic) bond motifs is 1. The number of carbonyl (C=O) groups is 2. The van der Waals surface area contributed by atoms with Gasteiger partial charge in [0, 0.05) is 17.3 Å². The molecule has 0 aliphatic heterocycles. The number of hydrogen-bond donors (Lipinski definition) is 2. The van der Waals surface area contributed by atoms with E-state index in [9.17, 15) is 9.59 Å². The molecule has 0 saturated carbocycles. The normalized spacial score (nSPS) is 11.3. The first kappa shape index (κ1) is 20.5. The van der Waals surface area contributed by atoms with Crippen molar-refractivity contribution in [2.24, 2.45) is 0 Å². The minimum atomic E-state index is -0.402. The molecular weight excluding hydrogens is 366 g/mol. The van der Waals surface area contributed by atoms with Gasteiger partial charge in [-0.3, -0.25) is 20.4 Å². The van der Waals surface area contributed by atoms with Crippen molar-refractivity contribution in [2.45, 2.75) is 53.0 Å². The van der Waals surface area contributed by atoms with Crippen molar-refractivity contribution in [2.75, 3.05) is 0 Å². The molecule has 0 saturated heterocycles. The van der Waals surface area contributed by atoms with Gasteiger partial charge in [-0.15, -0.1) is 0 Å². The molecule has 0 bridgehead atoms. The molecule has 29 heavy (non-hydrogen) atoms. The molecule has 0 aliphatic carbocycles. The summed E-state index contributed by atoms with van der Waals surface area (Å²) in [6, 6.07) is 9.17. The SMILES string of the molecule is CCc1ccc(C(=O)NNC(=O)c2cc(C(C)C)nc3c2cnn3C(C)C)cc1. The zero-order valence-electron chi connectivity index (χ0n) is 17.5. The smallest absolute Gasteiger partial charge is 0.267 e. The van der Waals surface area contributed by atoms with Crippen LogP contribution in [-0.4, -0.2) is 26.6 Å². The van der Waals surface area contributed by atoms with Gasteiger partial charge >= 0.3 is 0 Å². The summed E-state index contributed by atoms with van der Waals surface area (Å²) in [5, 5.41) is 5.04. The van der Waals surface area contributed by atoms with Crippen LogP contribution in [0, 0.1) is 0 Å². The minimum Gasteiger partial charge on any atom is -0.267 e. The molecule has 3 aromatic rings. The quantitative estimate of drug-likeness (QED) is 0.646. The van der Waals surface area contributed by atoms with Crippen LogP contribution in [-0.2, 0) is 6.42 Å². The van der Waals surface area contributed by atoms with Gasteiger partial charge in [-0.1, -0.05) is 32.9 Å². The molecule has 2 amide bonds. The van der Waals surface area contributed by atoms with Crippen molar-refractivity contribution < 1.29 is 9.59 Å². The van der Waals surface area contributed by atoms with Gasteiger partial charge in [-0.25, -0.2) is 9.67 Å². The number of aryl methyl sites for hydroxylation is 1. The molecule has 1 aromatic carbocycles. The van der Waals surface area contributed by atoms with Crippen LogP contribution in [0.4, 0.5) is 0 Å². The van der Waals surface area contributed by atoms with E-state index in [4.69, 9.17) is 4.98 Å². The fourth-order valence-corrected chi connectivity index (χ4v) is 3.04. The minimum absolute atomic E-state index is 0.115. The second-order valence-electron chi connectivity index (χ2n) is 7.63. The molecule has 2 aromatic heterocycles. The molecule has 2 N–H and O–H groups in total. The molecule has 3 rings (SSSR count). The summed E-state index contributed by atoms with van der Waals surface area (Å²) in [6.07, 6.45) is 2.55. The highest BCUT2D eigenvalue weighted by Crippen LogP contribution is 2.24. The highest BCUT2D eigenvalue weighted by atomic mass is 16.2. The molecule has 0 aliphatic rings. The second-order valence-corrected chi connectivity index (χ2v) is 7.63. The number of rotatable bonds is 5. The number of nitrogens with zero attached hydrogens (tertiary/aromatic N) is 3. The Morgan fingerprint density at radius 1 is 1.03 bits per heavy atom. The molecule has 0 radical (unpaired) electrons. The average Bonchev–Trinajstić information content (AvgIpc) is 3.15. The van der Waals surface area contributed by atoms with Gasteiger partial charge in [0.2, 0.25) is 0 Å². The van der Waals surface area contributed by atoms with E-state index in [1.807, 2.05) is 39.8 Å². The first-order valence-corrected chi connectivity index (χ1v) is 9.89. The number of amides is 2. The van der Waals surface area contributed by atoms with Crippen LogP contribution in [0.25, 0.3) is 11.0 Å². The fourth-order valence-electron chi connectivity index (χ4n) is 3.04. The van der Waals surface area contributed by atoms with E-state index in [2.05, 4.69) is 22.9 Å². The average molecular weight is 393 g/mol. The zero-order chi connectivity index (χ0) is 21.1. The topological polar surface area (TPSA) is 88.9 Å². The number of hydrazine groups is 1. The Kier molecular flexibility index (Phi) is 5.96. The maximum absolute atomic E-state index is 12.9. The molecule has 0 unspecified atom stereocenters. The first-order valence-electron chi connectivity index (χ1n) is 9.89. The molecule has 7 heteroatoms.